The van der Waals surface area contributed by atoms with E-state index < -0.39 is 0 Å². The van der Waals surface area contributed by atoms with Crippen molar-refractivity contribution in [2.75, 3.05) is 17.2 Å². The van der Waals surface area contributed by atoms with E-state index in [2.05, 4.69) is 20.8 Å². The summed E-state index contributed by atoms with van der Waals surface area (Å²) in [7, 11) is 0. The van der Waals surface area contributed by atoms with Gasteiger partial charge in [-0.1, -0.05) is 0 Å². The maximum absolute atomic E-state index is 11.9. The largest absolute Gasteiger partial charge is 0.384 e. The van der Waals surface area contributed by atoms with Gasteiger partial charge < -0.3 is 10.6 Å². The smallest absolute Gasteiger partial charge is 0.257 e. The van der Waals surface area contributed by atoms with Crippen molar-refractivity contribution in [2.24, 2.45) is 0 Å². The van der Waals surface area contributed by atoms with Crippen molar-refractivity contribution in [2.45, 2.75) is 6.42 Å². The van der Waals surface area contributed by atoms with Gasteiger partial charge in [-0.15, -0.1) is 0 Å². The molecule has 1 aliphatic rings. The van der Waals surface area contributed by atoms with Crippen molar-refractivity contribution >= 4 is 17.3 Å². The molecule has 0 fully saturated rings. The normalized spacial score (nSPS) is 12.7. The molecule has 0 radical (unpaired) electrons. The summed E-state index contributed by atoms with van der Waals surface area (Å²) in [6, 6.07) is 7.52. The van der Waals surface area contributed by atoms with Gasteiger partial charge >= 0.3 is 0 Å². The topological polar surface area (TPSA) is 66.9 Å². The molecule has 0 saturated heterocycles. The Labute approximate surface area is 104 Å². The Morgan fingerprint density at radius 3 is 3.06 bits per heavy atom. The quantitative estimate of drug-likeness (QED) is 0.838. The lowest BCUT2D eigenvalue weighted by atomic mass is 10.1. The molecule has 1 aromatic heterocycles. The minimum atomic E-state index is -0.171. The third kappa shape index (κ3) is 2.02. The van der Waals surface area contributed by atoms with Crippen molar-refractivity contribution in [1.29, 1.82) is 0 Å². The molecule has 2 heterocycles. The number of aromatic nitrogens is 2. The number of anilines is 2. The fraction of sp³-hybridized carbons (Fsp3) is 0.154. The maximum Gasteiger partial charge on any atom is 0.257 e. The van der Waals surface area contributed by atoms with Crippen LogP contribution in [0.4, 0.5) is 11.4 Å². The molecule has 1 aliphatic heterocycles. The summed E-state index contributed by atoms with van der Waals surface area (Å²) < 4.78 is 0. The number of carbonyl (C=O) groups excluding carboxylic acids is 1. The van der Waals surface area contributed by atoms with Gasteiger partial charge in [-0.3, -0.25) is 4.79 Å². The first-order valence-corrected chi connectivity index (χ1v) is 5.78. The van der Waals surface area contributed by atoms with Crippen LogP contribution < -0.4 is 10.6 Å². The summed E-state index contributed by atoms with van der Waals surface area (Å²) >= 11 is 0. The first-order chi connectivity index (χ1) is 8.83. The van der Waals surface area contributed by atoms with E-state index in [-0.39, 0.29) is 5.91 Å². The molecular weight excluding hydrogens is 228 g/mol. The number of nitrogens with one attached hydrogen (secondary N) is 2. The van der Waals surface area contributed by atoms with E-state index in [0.29, 0.717) is 5.56 Å². The van der Waals surface area contributed by atoms with E-state index in [9.17, 15) is 4.79 Å². The zero-order valence-corrected chi connectivity index (χ0v) is 9.68. The molecule has 3 rings (SSSR count). The molecule has 1 aromatic carbocycles. The van der Waals surface area contributed by atoms with Gasteiger partial charge in [0.25, 0.3) is 5.91 Å². The third-order valence-corrected chi connectivity index (χ3v) is 2.92. The van der Waals surface area contributed by atoms with Gasteiger partial charge in [0, 0.05) is 17.9 Å². The molecule has 2 aromatic rings. The Kier molecular flexibility index (Phi) is 2.64. The van der Waals surface area contributed by atoms with E-state index >= 15 is 0 Å². The van der Waals surface area contributed by atoms with E-state index in [1.165, 1.54) is 18.0 Å². The highest BCUT2D eigenvalue weighted by atomic mass is 16.1. The summed E-state index contributed by atoms with van der Waals surface area (Å²) in [5, 5.41) is 13.5. The van der Waals surface area contributed by atoms with Crippen LogP contribution in [0, 0.1) is 0 Å². The predicted molar refractivity (Wildman–Crippen MR) is 68.6 cm³/mol. The Bertz CT molecular complexity index is 583. The van der Waals surface area contributed by atoms with Crippen molar-refractivity contribution in [3.63, 3.8) is 0 Å². The number of fused-ring (bicyclic) bond motifs is 1. The van der Waals surface area contributed by atoms with Gasteiger partial charge in [-0.25, -0.2) is 0 Å². The second-order valence-corrected chi connectivity index (χ2v) is 4.13. The van der Waals surface area contributed by atoms with E-state index in [1.807, 2.05) is 18.2 Å². The lowest BCUT2D eigenvalue weighted by Crippen LogP contribution is -2.12. The van der Waals surface area contributed by atoms with E-state index in [0.717, 1.165) is 24.3 Å². The fourth-order valence-electron chi connectivity index (χ4n) is 2.01. The molecule has 0 atom stereocenters. The Morgan fingerprint density at radius 2 is 2.22 bits per heavy atom. The summed E-state index contributed by atoms with van der Waals surface area (Å²) in [6.45, 7) is 0.959. The molecule has 0 bridgehead atoms. The molecule has 0 saturated carbocycles. The highest BCUT2D eigenvalue weighted by Crippen LogP contribution is 2.25. The molecule has 1 amide bonds. The van der Waals surface area contributed by atoms with Gasteiger partial charge in [0.2, 0.25) is 0 Å². The summed E-state index contributed by atoms with van der Waals surface area (Å²) in [4.78, 5) is 11.9. The van der Waals surface area contributed by atoms with Crippen LogP contribution in [-0.2, 0) is 6.42 Å². The number of hydrogen-bond donors (Lipinski definition) is 2. The minimum absolute atomic E-state index is 0.171. The summed E-state index contributed by atoms with van der Waals surface area (Å²) in [5.74, 6) is -0.171. The standard InChI is InChI=1S/C13H12N4O/c18-13(10-4-6-15-16-8-10)17-11-1-2-12-9(7-11)3-5-14-12/h1-2,4,6-8,14H,3,5H2,(H,17,18). The SMILES string of the molecule is O=C(Nc1ccc2c(c1)CCN2)c1ccnnc1. The van der Waals surface area contributed by atoms with Crippen molar-refractivity contribution in [1.82, 2.24) is 10.2 Å². The van der Waals surface area contributed by atoms with Crippen LogP contribution >= 0.6 is 0 Å². The van der Waals surface area contributed by atoms with E-state index in [4.69, 9.17) is 0 Å². The number of carbonyl (C=O) groups is 1. The molecule has 2 N–H and O–H groups in total. The van der Waals surface area contributed by atoms with Crippen LogP contribution in [-0.4, -0.2) is 22.6 Å². The van der Waals surface area contributed by atoms with Crippen LogP contribution in [0.25, 0.3) is 0 Å². The van der Waals surface area contributed by atoms with Crippen LogP contribution in [0.3, 0.4) is 0 Å². The molecule has 0 aliphatic carbocycles. The van der Waals surface area contributed by atoms with Gasteiger partial charge in [-0.05, 0) is 36.2 Å². The second-order valence-electron chi connectivity index (χ2n) is 4.13. The first kappa shape index (κ1) is 10.7. The fourth-order valence-corrected chi connectivity index (χ4v) is 2.01. The molecule has 5 nitrogen and oxygen atoms in total. The Hall–Kier alpha value is -2.43. The zero-order chi connectivity index (χ0) is 12.4. The van der Waals surface area contributed by atoms with Crippen molar-refractivity contribution in [3.8, 4) is 0 Å². The molecule has 0 unspecified atom stereocenters. The highest BCUT2D eigenvalue weighted by Gasteiger charge is 2.11. The Balaban J connectivity index is 1.79. The predicted octanol–water partition coefficient (Wildman–Crippen LogP) is 1.70. The average Bonchev–Trinajstić information content (AvgIpc) is 2.87. The number of amides is 1. The zero-order valence-electron chi connectivity index (χ0n) is 9.68. The number of nitrogens with zero attached hydrogens (tertiary/aromatic N) is 2. The first-order valence-electron chi connectivity index (χ1n) is 5.78. The molecule has 5 heteroatoms. The monoisotopic (exact) mass is 240 g/mol. The van der Waals surface area contributed by atoms with Crippen LogP contribution in [0.15, 0.2) is 36.7 Å². The number of rotatable bonds is 2. The lowest BCUT2D eigenvalue weighted by molar-refractivity contribution is 0.102. The average molecular weight is 240 g/mol. The summed E-state index contributed by atoms with van der Waals surface area (Å²) in [6.07, 6.45) is 3.95. The third-order valence-electron chi connectivity index (χ3n) is 2.92. The maximum atomic E-state index is 11.9. The van der Waals surface area contributed by atoms with Gasteiger partial charge in [0.05, 0.1) is 18.0 Å². The minimum Gasteiger partial charge on any atom is -0.384 e. The van der Waals surface area contributed by atoms with Gasteiger partial charge in [-0.2, -0.15) is 10.2 Å². The lowest BCUT2D eigenvalue weighted by Gasteiger charge is -2.06. The molecule has 18 heavy (non-hydrogen) atoms. The van der Waals surface area contributed by atoms with Crippen LogP contribution in [0.1, 0.15) is 15.9 Å². The Morgan fingerprint density at radius 1 is 1.28 bits per heavy atom. The van der Waals surface area contributed by atoms with Crippen molar-refractivity contribution in [3.05, 3.63) is 47.8 Å². The number of hydrogen-bond acceptors (Lipinski definition) is 4. The van der Waals surface area contributed by atoms with Gasteiger partial charge in [0.15, 0.2) is 0 Å². The van der Waals surface area contributed by atoms with Gasteiger partial charge in [0.1, 0.15) is 0 Å². The summed E-state index contributed by atoms with van der Waals surface area (Å²) in [5.41, 5.74) is 3.70. The molecular formula is C13H12N4O. The number of benzene rings is 1. The second kappa shape index (κ2) is 4.44. The molecule has 0 spiro atoms. The van der Waals surface area contributed by atoms with E-state index in [1.54, 1.807) is 6.07 Å². The van der Waals surface area contributed by atoms with Crippen LogP contribution in [0.2, 0.25) is 0 Å². The van der Waals surface area contributed by atoms with Crippen LogP contribution in [0.5, 0.6) is 0 Å². The highest BCUT2D eigenvalue weighted by molar-refractivity contribution is 6.04. The molecule has 90 valence electrons. The van der Waals surface area contributed by atoms with Crippen molar-refractivity contribution < 1.29 is 4.79 Å².